The molecule has 6 aromatic rings. The molecule has 6 aliphatic rings. The monoisotopic (exact) mass is 1490 g/mol. The van der Waals surface area contributed by atoms with Crippen molar-refractivity contribution in [2.75, 3.05) is 57.5 Å². The first-order chi connectivity index (χ1) is 45.9. The molecule has 6 heterocycles. The van der Waals surface area contributed by atoms with E-state index in [0.29, 0.717) is 45.5 Å². The van der Waals surface area contributed by atoms with Gasteiger partial charge in [0.2, 0.25) is 5.76 Å². The average Bonchev–Trinajstić information content (AvgIpc) is 1.55. The van der Waals surface area contributed by atoms with Gasteiger partial charge in [-0.3, -0.25) is 14.4 Å². The Morgan fingerprint density at radius 3 is 1.22 bits per heavy atom. The smallest absolute Gasteiger partial charge is 0.471 e. The molecule has 3 aromatic heterocycles. The topological polar surface area (TPSA) is 282 Å². The quantitative estimate of drug-likeness (QED) is 0.0681. The second-order valence-electron chi connectivity index (χ2n) is 26.6. The van der Waals surface area contributed by atoms with Crippen molar-refractivity contribution in [1.82, 2.24) is 35.2 Å². The van der Waals surface area contributed by atoms with E-state index in [2.05, 4.69) is 29.5 Å². The zero-order valence-corrected chi connectivity index (χ0v) is 57.4. The van der Waals surface area contributed by atoms with Crippen LogP contribution in [0.4, 0.5) is 52.7 Å². The van der Waals surface area contributed by atoms with Gasteiger partial charge in [0.1, 0.15) is 23.0 Å². The van der Waals surface area contributed by atoms with E-state index in [1.165, 1.54) is 47.9 Å². The fourth-order valence-electron chi connectivity index (χ4n) is 12.4. The number of likely N-dealkylation sites (tertiary alicyclic amines) is 3. The highest BCUT2D eigenvalue weighted by Gasteiger charge is 2.67. The number of amides is 3. The summed E-state index contributed by atoms with van der Waals surface area (Å²) in [5, 5.41) is 11.1. The molecular weight excluding hydrogens is 1420 g/mol. The number of sulfone groups is 3. The second kappa shape index (κ2) is 25.5. The Kier molecular flexibility index (Phi) is 19.1. The Hall–Kier alpha value is -7.96. The lowest BCUT2D eigenvalue weighted by Gasteiger charge is -2.25. The van der Waals surface area contributed by atoms with Gasteiger partial charge in [0, 0.05) is 95.5 Å². The number of rotatable bonds is 19. The molecule has 3 saturated heterocycles. The molecule has 37 heteroatoms. The number of hydrogen-bond donors (Lipinski definition) is 0. The summed E-state index contributed by atoms with van der Waals surface area (Å²) in [6.07, 6.45) is -10.5. The number of halogens is 12. The third-order valence-corrected chi connectivity index (χ3v) is 23.0. The molecule has 0 radical (unpaired) electrons. The number of carbonyl (C=O) groups excluding carboxylic acids is 3. The van der Waals surface area contributed by atoms with Crippen molar-refractivity contribution in [3.8, 4) is 17.2 Å². The van der Waals surface area contributed by atoms with Crippen LogP contribution in [0.25, 0.3) is 0 Å². The number of alkyl halides is 12. The van der Waals surface area contributed by atoms with Gasteiger partial charge in [-0.25, -0.2) is 51.6 Å². The van der Waals surface area contributed by atoms with Crippen molar-refractivity contribution >= 4 is 47.2 Å². The largest absolute Gasteiger partial charge is 0.484 e. The summed E-state index contributed by atoms with van der Waals surface area (Å²) in [6, 6.07) is 13.1. The minimum Gasteiger partial charge on any atom is -0.484 e. The van der Waals surface area contributed by atoms with E-state index in [4.69, 9.17) is 18.7 Å². The van der Waals surface area contributed by atoms with Crippen molar-refractivity contribution in [3.05, 3.63) is 118 Å². The van der Waals surface area contributed by atoms with Crippen molar-refractivity contribution in [3.63, 3.8) is 0 Å². The molecule has 546 valence electrons. The third-order valence-electron chi connectivity index (χ3n) is 19.0. The maximum Gasteiger partial charge on any atom is 0.471 e. The Morgan fingerprint density at radius 2 is 0.880 bits per heavy atom. The van der Waals surface area contributed by atoms with E-state index >= 15 is 0 Å². The van der Waals surface area contributed by atoms with Gasteiger partial charge in [-0.2, -0.15) is 31.3 Å². The van der Waals surface area contributed by atoms with Crippen LogP contribution in [0.2, 0.25) is 0 Å². The highest BCUT2D eigenvalue weighted by Crippen LogP contribution is 2.61. The molecule has 0 N–H and O–H groups in total. The average molecular weight is 1490 g/mol. The molecule has 9 atom stereocenters. The van der Waals surface area contributed by atoms with Crippen molar-refractivity contribution in [1.29, 1.82) is 0 Å². The standard InChI is InChI=1S/C21H22F5N3O5S.C21H21F5N2O5S.C21H24F2N2O5S/c1-4-35(31,32)13-5-6-15(33-11(2)19(3,22)23)14(7-13)16(30)29-9-12-8-20(12,10-29)17-27-18(34-28-17)21(24,25)26;1-11(19(2,22)23)32-15-5-4-13(34(3,30)31)6-14(15)18(29)28-9-12-8-20(12,10-28)16-7-17(33-27-16)21(24,25)26;1-12-7-18(24-30-12)21-9-14(21)10-25(11-21)19(26)16-8-15(31(4,27)28)5-6-17(16)29-13(2)20(3,22)23/h5-7,11-12H,4,8-10H2,1-3H3;4-7,11-12H,8-10H2,1-3H3;5-8,13-14H,9-11H2,1-4H3. The molecule has 3 aliphatic carbocycles. The predicted octanol–water partition coefficient (Wildman–Crippen LogP) is 10.9. The number of piperidine rings is 3. The van der Waals surface area contributed by atoms with Crippen LogP contribution in [0.5, 0.6) is 17.2 Å². The zero-order chi connectivity index (χ0) is 74.0. The van der Waals surface area contributed by atoms with Crippen LogP contribution < -0.4 is 14.2 Å². The van der Waals surface area contributed by atoms with Gasteiger partial charge in [0.05, 0.1) is 53.9 Å². The van der Waals surface area contributed by atoms with Gasteiger partial charge in [0.15, 0.2) is 53.6 Å². The summed E-state index contributed by atoms with van der Waals surface area (Å²) in [7, 11) is -11.1. The molecule has 0 spiro atoms. The summed E-state index contributed by atoms with van der Waals surface area (Å²) in [4.78, 5) is 47.3. The van der Waals surface area contributed by atoms with E-state index in [9.17, 15) is 92.3 Å². The summed E-state index contributed by atoms with van der Waals surface area (Å²) in [5.41, 5.74) is -1.63. The first kappa shape index (κ1) is 74.7. The number of nitrogens with zero attached hydrogens (tertiary/aromatic N) is 7. The lowest BCUT2D eigenvalue weighted by atomic mass is 10.0. The SMILES string of the molecule is CC(Oc1ccc(S(C)(=O)=O)cc1C(=O)N1CC2CC2(c2cc(C(F)(F)F)on2)C1)C(C)(F)F.CCS(=O)(=O)c1ccc(OC(C)C(C)(F)F)c(C(=O)N2CC3CC3(c3noc(C(F)(F)F)n3)C2)c1.Cc1cc(C23CC2CN(C(=O)c2cc(S(C)(=O)=O)ccc2OC(C)C(C)(F)F)C3)no1. The minimum atomic E-state index is -4.81. The summed E-state index contributed by atoms with van der Waals surface area (Å²) in [5.74, 6) is -14.6. The van der Waals surface area contributed by atoms with Gasteiger partial charge >= 0.3 is 18.2 Å². The number of hydrogen-bond acceptors (Lipinski definition) is 19. The van der Waals surface area contributed by atoms with Gasteiger partial charge < -0.3 is 42.5 Å². The van der Waals surface area contributed by atoms with Crippen molar-refractivity contribution in [2.24, 2.45) is 17.8 Å². The van der Waals surface area contributed by atoms with Crippen molar-refractivity contribution < 1.29 is 120 Å². The first-order valence-electron chi connectivity index (χ1n) is 30.9. The Bertz CT molecular complexity index is 4530. The van der Waals surface area contributed by atoms with Gasteiger partial charge in [-0.1, -0.05) is 22.4 Å². The second-order valence-corrected chi connectivity index (χ2v) is 32.9. The van der Waals surface area contributed by atoms with Crippen LogP contribution in [0.15, 0.2) is 95.0 Å². The molecule has 3 aromatic carbocycles. The summed E-state index contributed by atoms with van der Waals surface area (Å²) >= 11 is 0. The van der Waals surface area contributed by atoms with Crippen LogP contribution in [0, 0.1) is 24.7 Å². The minimum absolute atomic E-state index is 0.0162. The highest BCUT2D eigenvalue weighted by atomic mass is 32.2. The number of aromatic nitrogens is 4. The predicted molar refractivity (Wildman–Crippen MR) is 325 cm³/mol. The zero-order valence-electron chi connectivity index (χ0n) is 54.9. The van der Waals surface area contributed by atoms with Crippen LogP contribution in [-0.4, -0.2) is 172 Å². The van der Waals surface area contributed by atoms with E-state index in [0.717, 1.165) is 81.8 Å². The summed E-state index contributed by atoms with van der Waals surface area (Å²) in [6.45, 7) is 9.80. The number of ether oxygens (including phenoxy) is 3. The molecule has 9 unspecified atom stereocenters. The van der Waals surface area contributed by atoms with Crippen LogP contribution in [-0.2, 0) is 58.1 Å². The van der Waals surface area contributed by atoms with E-state index in [1.807, 2.05) is 6.07 Å². The van der Waals surface area contributed by atoms with E-state index in [1.54, 1.807) is 11.8 Å². The lowest BCUT2D eigenvalue weighted by molar-refractivity contribution is -0.159. The Labute approximate surface area is 564 Å². The van der Waals surface area contributed by atoms with Crippen LogP contribution in [0.3, 0.4) is 0 Å². The molecule has 3 amide bonds. The van der Waals surface area contributed by atoms with Gasteiger partial charge in [0.25, 0.3) is 35.5 Å². The molecule has 6 fully saturated rings. The van der Waals surface area contributed by atoms with Crippen LogP contribution in [0.1, 0.15) is 133 Å². The first-order valence-corrected chi connectivity index (χ1v) is 36.3. The maximum absolute atomic E-state index is 13.7. The molecule has 3 aliphatic heterocycles. The fourth-order valence-corrected chi connectivity index (χ4v) is 14.6. The number of carbonyl (C=O) groups is 3. The molecule has 22 nitrogen and oxygen atoms in total. The molecular formula is C63H67F12N7O15S3. The number of aryl methyl sites for hydroxylation is 1. The molecule has 12 rings (SSSR count). The molecule has 3 saturated carbocycles. The van der Waals surface area contributed by atoms with Crippen LogP contribution >= 0.6 is 0 Å². The third kappa shape index (κ3) is 15.2. The van der Waals surface area contributed by atoms with E-state index < -0.39 is 118 Å². The molecule has 0 bridgehead atoms. The normalized spacial score (nSPS) is 23.6. The fraction of sp³-hybridized carbons (Fsp3) is 0.540. The highest BCUT2D eigenvalue weighted by molar-refractivity contribution is 7.91. The summed E-state index contributed by atoms with van der Waals surface area (Å²) < 4.78 is 262. The van der Waals surface area contributed by atoms with Gasteiger partial charge in [-0.15, -0.1) is 0 Å². The number of benzene rings is 3. The lowest BCUT2D eigenvalue weighted by Crippen LogP contribution is -2.35. The number of fused-ring (bicyclic) bond motifs is 3. The van der Waals surface area contributed by atoms with Gasteiger partial charge in [-0.05, 0) is 119 Å². The Balaban J connectivity index is 0.000000162. The Morgan fingerprint density at radius 1 is 0.520 bits per heavy atom. The van der Waals surface area contributed by atoms with E-state index in [-0.39, 0.29) is 115 Å². The van der Waals surface area contributed by atoms with Crippen molar-refractivity contribution in [2.45, 2.75) is 154 Å². The maximum atomic E-state index is 13.7. The molecule has 100 heavy (non-hydrogen) atoms.